The third-order valence-corrected chi connectivity index (χ3v) is 4.56. The van der Waals surface area contributed by atoms with Gasteiger partial charge in [0.1, 0.15) is 24.6 Å². The molecule has 0 saturated carbocycles. The van der Waals surface area contributed by atoms with Crippen LogP contribution in [0, 0.1) is 0 Å². The van der Waals surface area contributed by atoms with Crippen molar-refractivity contribution >= 4 is 22.7 Å². The molecule has 0 spiro atoms. The van der Waals surface area contributed by atoms with Crippen LogP contribution < -0.4 is 11.1 Å². The largest absolute Gasteiger partial charge is 0.399 e. The topological polar surface area (TPSA) is 152 Å². The Morgan fingerprint density at radius 1 is 1.19 bits per heavy atom. The number of ether oxygens (including phenoxy) is 1. The van der Waals surface area contributed by atoms with Gasteiger partial charge in [-0.15, -0.1) is 0 Å². The molecule has 2 aromatic heterocycles. The number of fused-ring (bicyclic) bond motifs is 1. The molecule has 10 nitrogen and oxygen atoms in total. The van der Waals surface area contributed by atoms with Crippen LogP contribution >= 0.6 is 0 Å². The summed E-state index contributed by atoms with van der Waals surface area (Å²) in [6.07, 6.45) is -1.34. The van der Waals surface area contributed by atoms with E-state index in [1.165, 1.54) is 17.2 Å². The first-order chi connectivity index (χ1) is 13.1. The number of anilines is 2. The Bertz CT molecular complexity index is 948. The van der Waals surface area contributed by atoms with E-state index in [2.05, 4.69) is 20.3 Å². The van der Waals surface area contributed by atoms with Crippen molar-refractivity contribution in [1.29, 1.82) is 0 Å². The molecule has 10 heteroatoms. The minimum Gasteiger partial charge on any atom is -0.399 e. The summed E-state index contributed by atoms with van der Waals surface area (Å²) < 4.78 is 7.07. The summed E-state index contributed by atoms with van der Waals surface area (Å²) in [5.41, 5.74) is 8.40. The summed E-state index contributed by atoms with van der Waals surface area (Å²) in [4.78, 5) is 12.8. The molecule has 1 saturated heterocycles. The quantitative estimate of drug-likeness (QED) is 0.378. The highest BCUT2D eigenvalue weighted by atomic mass is 16.6. The molecule has 0 aliphatic carbocycles. The smallest absolute Gasteiger partial charge is 0.167 e. The summed E-state index contributed by atoms with van der Waals surface area (Å²) in [6.45, 7) is 0.0984. The van der Waals surface area contributed by atoms with Gasteiger partial charge in [-0.05, 0) is 17.7 Å². The maximum Gasteiger partial charge on any atom is 0.167 e. The molecule has 1 fully saturated rings. The van der Waals surface area contributed by atoms with Gasteiger partial charge in [0, 0.05) is 12.2 Å². The third-order valence-electron chi connectivity index (χ3n) is 4.56. The molecule has 0 bridgehead atoms. The van der Waals surface area contributed by atoms with Gasteiger partial charge in [0.05, 0.1) is 12.9 Å². The van der Waals surface area contributed by atoms with Gasteiger partial charge in [0.15, 0.2) is 23.2 Å². The lowest BCUT2D eigenvalue weighted by Gasteiger charge is -2.16. The second-order valence-corrected chi connectivity index (χ2v) is 6.37. The van der Waals surface area contributed by atoms with Gasteiger partial charge in [0.25, 0.3) is 0 Å². The molecular weight excluding hydrogens is 352 g/mol. The van der Waals surface area contributed by atoms with Crippen molar-refractivity contribution < 1.29 is 20.1 Å². The number of aliphatic hydroxyl groups is 3. The highest BCUT2D eigenvalue weighted by Gasteiger charge is 2.44. The van der Waals surface area contributed by atoms with Crippen molar-refractivity contribution in [1.82, 2.24) is 19.5 Å². The standard InChI is InChI=1S/C17H20N6O4/c18-10-3-1-2-9(4-10)5-19-15-12-16(21-7-20-15)23(8-22-12)17-14(26)13(25)11(6-24)27-17/h1-4,7-8,11,13-14,17,24-26H,5-6,18H2,(H,19,20,21)/t11-,13-,14+,17?/m1/s1. The van der Waals surface area contributed by atoms with Crippen molar-refractivity contribution in [3.8, 4) is 0 Å². The second kappa shape index (κ2) is 7.08. The highest BCUT2D eigenvalue weighted by molar-refractivity contribution is 5.82. The lowest BCUT2D eigenvalue weighted by atomic mass is 10.1. The van der Waals surface area contributed by atoms with E-state index in [-0.39, 0.29) is 0 Å². The lowest BCUT2D eigenvalue weighted by molar-refractivity contribution is -0.0511. The molecule has 3 heterocycles. The summed E-state index contributed by atoms with van der Waals surface area (Å²) in [5.74, 6) is 0.521. The molecule has 1 aliphatic rings. The number of nitrogen functional groups attached to an aromatic ring is 1. The fourth-order valence-corrected chi connectivity index (χ4v) is 3.17. The normalized spacial score (nSPS) is 25.1. The van der Waals surface area contributed by atoms with Crippen LogP contribution in [-0.2, 0) is 11.3 Å². The van der Waals surface area contributed by atoms with E-state index in [1.54, 1.807) is 0 Å². The molecule has 4 rings (SSSR count). The Balaban J connectivity index is 1.60. The first-order valence-electron chi connectivity index (χ1n) is 8.46. The van der Waals surface area contributed by atoms with E-state index < -0.39 is 31.1 Å². The predicted octanol–water partition coefficient (Wildman–Crippen LogP) is -0.368. The number of nitrogens with one attached hydrogen (secondary N) is 1. The monoisotopic (exact) mass is 372 g/mol. The van der Waals surface area contributed by atoms with E-state index in [1.807, 2.05) is 24.3 Å². The van der Waals surface area contributed by atoms with Crippen molar-refractivity contribution in [3.63, 3.8) is 0 Å². The molecule has 0 amide bonds. The Morgan fingerprint density at radius 3 is 2.78 bits per heavy atom. The first kappa shape index (κ1) is 17.6. The summed E-state index contributed by atoms with van der Waals surface area (Å²) >= 11 is 0. The molecule has 4 atom stereocenters. The van der Waals surface area contributed by atoms with Crippen LogP contribution in [0.4, 0.5) is 11.5 Å². The molecule has 0 radical (unpaired) electrons. The van der Waals surface area contributed by atoms with Gasteiger partial charge in [-0.1, -0.05) is 12.1 Å². The van der Waals surface area contributed by atoms with Crippen molar-refractivity contribution in [2.24, 2.45) is 0 Å². The number of rotatable bonds is 5. The SMILES string of the molecule is Nc1cccc(CNc2ncnc3c2ncn3C2O[C@H](CO)[C@@H](O)[C@@H]2O)c1. The summed E-state index contributed by atoms with van der Waals surface area (Å²) in [6, 6.07) is 7.50. The van der Waals surface area contributed by atoms with E-state index in [9.17, 15) is 15.3 Å². The zero-order valence-electron chi connectivity index (χ0n) is 14.3. The van der Waals surface area contributed by atoms with Crippen LogP contribution in [0.3, 0.4) is 0 Å². The van der Waals surface area contributed by atoms with Gasteiger partial charge in [-0.2, -0.15) is 0 Å². The average Bonchev–Trinajstić information content (AvgIpc) is 3.22. The van der Waals surface area contributed by atoms with E-state index >= 15 is 0 Å². The van der Waals surface area contributed by atoms with Gasteiger partial charge in [-0.25, -0.2) is 15.0 Å². The van der Waals surface area contributed by atoms with E-state index in [4.69, 9.17) is 10.5 Å². The summed E-state index contributed by atoms with van der Waals surface area (Å²) in [5, 5.41) is 32.7. The zero-order valence-corrected chi connectivity index (χ0v) is 14.3. The molecule has 1 aromatic carbocycles. The maximum atomic E-state index is 10.2. The van der Waals surface area contributed by atoms with Crippen molar-refractivity contribution in [2.45, 2.75) is 31.1 Å². The first-order valence-corrected chi connectivity index (χ1v) is 8.46. The molecular formula is C17H20N6O4. The minimum absolute atomic E-state index is 0.399. The number of hydrogen-bond acceptors (Lipinski definition) is 9. The zero-order chi connectivity index (χ0) is 19.0. The van der Waals surface area contributed by atoms with Crippen LogP contribution in [0.5, 0.6) is 0 Å². The van der Waals surface area contributed by atoms with Crippen LogP contribution in [0.2, 0.25) is 0 Å². The fourth-order valence-electron chi connectivity index (χ4n) is 3.17. The van der Waals surface area contributed by atoms with E-state index in [0.717, 1.165) is 5.56 Å². The predicted molar refractivity (Wildman–Crippen MR) is 96.5 cm³/mol. The average molecular weight is 372 g/mol. The van der Waals surface area contributed by atoms with E-state index in [0.29, 0.717) is 29.2 Å². The lowest BCUT2D eigenvalue weighted by Crippen LogP contribution is -2.33. The highest BCUT2D eigenvalue weighted by Crippen LogP contribution is 2.32. The van der Waals surface area contributed by atoms with Crippen molar-refractivity contribution in [3.05, 3.63) is 42.5 Å². The molecule has 1 unspecified atom stereocenters. The Hall–Kier alpha value is -2.79. The maximum absolute atomic E-state index is 10.2. The third kappa shape index (κ3) is 3.19. The van der Waals surface area contributed by atoms with Crippen LogP contribution in [0.15, 0.2) is 36.9 Å². The number of nitrogens with two attached hydrogens (primary N) is 1. The Kier molecular flexibility index (Phi) is 4.62. The van der Waals surface area contributed by atoms with Crippen molar-refractivity contribution in [2.75, 3.05) is 17.7 Å². The van der Waals surface area contributed by atoms with Crippen LogP contribution in [0.25, 0.3) is 11.2 Å². The molecule has 142 valence electrons. The van der Waals surface area contributed by atoms with Gasteiger partial charge >= 0.3 is 0 Å². The fraction of sp³-hybridized carbons (Fsp3) is 0.353. The van der Waals surface area contributed by atoms with Gasteiger partial charge in [0.2, 0.25) is 0 Å². The summed E-state index contributed by atoms with van der Waals surface area (Å²) in [7, 11) is 0. The second-order valence-electron chi connectivity index (χ2n) is 6.37. The Morgan fingerprint density at radius 2 is 2.04 bits per heavy atom. The van der Waals surface area contributed by atoms with Crippen LogP contribution in [-0.4, -0.2) is 59.8 Å². The number of aliphatic hydroxyl groups excluding tert-OH is 3. The minimum atomic E-state index is -1.21. The van der Waals surface area contributed by atoms with Gasteiger partial charge in [-0.3, -0.25) is 4.57 Å². The number of hydrogen-bond donors (Lipinski definition) is 5. The molecule has 1 aliphatic heterocycles. The molecule has 27 heavy (non-hydrogen) atoms. The van der Waals surface area contributed by atoms with Crippen LogP contribution in [0.1, 0.15) is 11.8 Å². The number of nitrogens with zero attached hydrogens (tertiary/aromatic N) is 4. The molecule has 6 N–H and O–H groups in total. The number of imidazole rings is 1. The van der Waals surface area contributed by atoms with Gasteiger partial charge < -0.3 is 31.1 Å². The number of aromatic nitrogens is 4. The Labute approximate surface area is 154 Å². The molecule has 3 aromatic rings. The number of benzene rings is 1.